The van der Waals surface area contributed by atoms with Gasteiger partial charge in [0, 0.05) is 10.9 Å². The average molecular weight is 435 g/mol. The predicted octanol–water partition coefficient (Wildman–Crippen LogP) is 1.61. The van der Waals surface area contributed by atoms with E-state index in [1.807, 2.05) is 31.2 Å². The topological polar surface area (TPSA) is 138 Å². The fraction of sp³-hybridized carbons (Fsp3) is 0.100. The molecule has 0 aliphatic heterocycles. The number of carbonyl (C=O) groups is 2. The standard InChI is InChI=1S/C20H17N7O3S/c1-11-6-8-12(9-7-11)17-23-26-20(31)27(17)10-15(28)21-25-19(30)16-13-4-2-3-5-14(13)18(29)24-22-16/h2-9H,10H2,1H3,(H,21,28)(H,24,29)(H,25,30)(H,26,31). The summed E-state index contributed by atoms with van der Waals surface area (Å²) in [4.78, 5) is 36.8. The quantitative estimate of drug-likeness (QED) is 0.284. The Bertz CT molecular complexity index is 1400. The lowest BCUT2D eigenvalue weighted by atomic mass is 10.1. The Morgan fingerprint density at radius 1 is 1.00 bits per heavy atom. The molecule has 156 valence electrons. The number of rotatable bonds is 4. The summed E-state index contributed by atoms with van der Waals surface area (Å²) in [6.07, 6.45) is 0. The second-order valence-corrected chi connectivity index (χ2v) is 7.14. The van der Waals surface area contributed by atoms with E-state index in [4.69, 9.17) is 12.2 Å². The lowest BCUT2D eigenvalue weighted by Gasteiger charge is -2.10. The Kier molecular flexibility index (Phi) is 5.41. The van der Waals surface area contributed by atoms with Crippen LogP contribution in [-0.2, 0) is 11.3 Å². The summed E-state index contributed by atoms with van der Waals surface area (Å²) in [5.41, 5.74) is 6.10. The number of aryl methyl sites for hydroxylation is 1. The maximum Gasteiger partial charge on any atom is 0.290 e. The highest BCUT2D eigenvalue weighted by Gasteiger charge is 2.16. The number of nitrogens with one attached hydrogen (secondary N) is 4. The van der Waals surface area contributed by atoms with Gasteiger partial charge in [-0.15, -0.1) is 0 Å². The minimum absolute atomic E-state index is 0.0178. The van der Waals surface area contributed by atoms with Crippen molar-refractivity contribution in [3.05, 3.63) is 74.9 Å². The van der Waals surface area contributed by atoms with Gasteiger partial charge in [-0.2, -0.15) is 10.2 Å². The summed E-state index contributed by atoms with van der Waals surface area (Å²) in [6, 6.07) is 14.2. The molecule has 0 bridgehead atoms. The van der Waals surface area contributed by atoms with Gasteiger partial charge in [0.15, 0.2) is 16.3 Å². The number of aromatic nitrogens is 5. The molecule has 0 radical (unpaired) electrons. The molecule has 0 atom stereocenters. The number of benzene rings is 2. The molecule has 11 heteroatoms. The molecule has 0 unspecified atom stereocenters. The monoisotopic (exact) mass is 435 g/mol. The number of H-pyrrole nitrogens is 2. The molecule has 31 heavy (non-hydrogen) atoms. The SMILES string of the molecule is Cc1ccc(-c2n[nH]c(=S)n2CC(=O)NNC(=O)c2n[nH]c(=O)c3ccccc23)cc1. The number of hydrogen-bond acceptors (Lipinski definition) is 6. The van der Waals surface area contributed by atoms with Gasteiger partial charge in [-0.1, -0.05) is 48.0 Å². The second kappa shape index (κ2) is 8.32. The van der Waals surface area contributed by atoms with Crippen molar-refractivity contribution in [3.63, 3.8) is 0 Å². The molecular formula is C20H17N7O3S. The molecular weight excluding hydrogens is 418 g/mol. The van der Waals surface area contributed by atoms with Crippen LogP contribution in [0.15, 0.2) is 53.3 Å². The number of hydrazine groups is 1. The Morgan fingerprint density at radius 3 is 2.45 bits per heavy atom. The van der Waals surface area contributed by atoms with Gasteiger partial charge < -0.3 is 0 Å². The van der Waals surface area contributed by atoms with E-state index in [0.717, 1.165) is 11.1 Å². The number of aromatic amines is 2. The summed E-state index contributed by atoms with van der Waals surface area (Å²) >= 11 is 5.23. The minimum Gasteiger partial charge on any atom is -0.291 e. The molecule has 0 fully saturated rings. The zero-order chi connectivity index (χ0) is 22.0. The van der Waals surface area contributed by atoms with Crippen LogP contribution in [0.5, 0.6) is 0 Å². The predicted molar refractivity (Wildman–Crippen MR) is 116 cm³/mol. The first kappa shape index (κ1) is 20.2. The van der Waals surface area contributed by atoms with Crippen LogP contribution in [-0.4, -0.2) is 36.8 Å². The third kappa shape index (κ3) is 4.12. The third-order valence-corrected chi connectivity index (χ3v) is 4.91. The highest BCUT2D eigenvalue weighted by atomic mass is 32.1. The Balaban J connectivity index is 1.49. The van der Waals surface area contributed by atoms with Gasteiger partial charge in [0.05, 0.1) is 5.39 Å². The van der Waals surface area contributed by atoms with E-state index < -0.39 is 17.4 Å². The first-order chi connectivity index (χ1) is 14.9. The number of fused-ring (bicyclic) bond motifs is 1. The maximum atomic E-state index is 12.5. The molecule has 0 aliphatic carbocycles. The fourth-order valence-corrected chi connectivity index (χ4v) is 3.24. The van der Waals surface area contributed by atoms with Crippen molar-refractivity contribution in [2.45, 2.75) is 13.5 Å². The Morgan fingerprint density at radius 2 is 1.71 bits per heavy atom. The first-order valence-electron chi connectivity index (χ1n) is 9.23. The molecule has 0 saturated carbocycles. The zero-order valence-corrected chi connectivity index (χ0v) is 17.1. The molecule has 2 aromatic heterocycles. The smallest absolute Gasteiger partial charge is 0.290 e. The van der Waals surface area contributed by atoms with Crippen LogP contribution in [0.3, 0.4) is 0 Å². The van der Waals surface area contributed by atoms with E-state index in [-0.39, 0.29) is 17.0 Å². The van der Waals surface area contributed by atoms with E-state index in [1.54, 1.807) is 24.3 Å². The molecule has 0 spiro atoms. The molecule has 2 heterocycles. The van der Waals surface area contributed by atoms with Crippen LogP contribution in [0.25, 0.3) is 22.2 Å². The van der Waals surface area contributed by atoms with Gasteiger partial charge in [0.2, 0.25) is 0 Å². The molecule has 0 saturated heterocycles. The number of nitrogens with zero attached hydrogens (tertiary/aromatic N) is 3. The van der Waals surface area contributed by atoms with E-state index >= 15 is 0 Å². The second-order valence-electron chi connectivity index (χ2n) is 6.75. The van der Waals surface area contributed by atoms with Gasteiger partial charge >= 0.3 is 0 Å². The van der Waals surface area contributed by atoms with E-state index in [9.17, 15) is 14.4 Å². The molecule has 4 N–H and O–H groups in total. The summed E-state index contributed by atoms with van der Waals surface area (Å²) in [6.45, 7) is 1.80. The highest BCUT2D eigenvalue weighted by molar-refractivity contribution is 7.71. The summed E-state index contributed by atoms with van der Waals surface area (Å²) in [7, 11) is 0. The van der Waals surface area contributed by atoms with Crippen LogP contribution in [0, 0.1) is 11.7 Å². The molecule has 2 aromatic carbocycles. The highest BCUT2D eigenvalue weighted by Crippen LogP contribution is 2.17. The van der Waals surface area contributed by atoms with Crippen molar-refractivity contribution in [2.24, 2.45) is 0 Å². The van der Waals surface area contributed by atoms with E-state index in [1.165, 1.54) is 4.57 Å². The molecule has 0 aliphatic rings. The lowest BCUT2D eigenvalue weighted by molar-refractivity contribution is -0.122. The molecule has 10 nitrogen and oxygen atoms in total. The maximum absolute atomic E-state index is 12.5. The summed E-state index contributed by atoms with van der Waals surface area (Å²) < 4.78 is 1.79. The summed E-state index contributed by atoms with van der Waals surface area (Å²) in [5.74, 6) is -0.692. The zero-order valence-electron chi connectivity index (χ0n) is 16.3. The van der Waals surface area contributed by atoms with Gasteiger partial charge in [0.25, 0.3) is 17.4 Å². The number of amides is 2. The molecule has 4 aromatic rings. The van der Waals surface area contributed by atoms with Crippen molar-refractivity contribution < 1.29 is 9.59 Å². The van der Waals surface area contributed by atoms with Gasteiger partial charge in [0.1, 0.15) is 6.54 Å². The van der Waals surface area contributed by atoms with Crippen molar-refractivity contribution in [2.75, 3.05) is 0 Å². The van der Waals surface area contributed by atoms with Crippen LogP contribution >= 0.6 is 12.2 Å². The largest absolute Gasteiger partial charge is 0.291 e. The minimum atomic E-state index is -0.671. The summed E-state index contributed by atoms with van der Waals surface area (Å²) in [5, 5.41) is 13.6. The van der Waals surface area contributed by atoms with Crippen LogP contribution in [0.2, 0.25) is 0 Å². The van der Waals surface area contributed by atoms with Crippen molar-refractivity contribution in [3.8, 4) is 11.4 Å². The first-order valence-corrected chi connectivity index (χ1v) is 9.63. The normalized spacial score (nSPS) is 10.7. The van der Waals surface area contributed by atoms with Crippen LogP contribution < -0.4 is 16.4 Å². The fourth-order valence-electron chi connectivity index (χ4n) is 3.04. The van der Waals surface area contributed by atoms with Crippen LogP contribution in [0.4, 0.5) is 0 Å². The number of carbonyl (C=O) groups excluding carboxylic acids is 2. The third-order valence-electron chi connectivity index (χ3n) is 4.60. The lowest BCUT2D eigenvalue weighted by Crippen LogP contribution is -2.43. The van der Waals surface area contributed by atoms with Crippen molar-refractivity contribution in [1.82, 2.24) is 35.8 Å². The van der Waals surface area contributed by atoms with Gasteiger partial charge in [-0.25, -0.2) is 5.10 Å². The Hall–Kier alpha value is -4.12. The molecule has 2 amide bonds. The van der Waals surface area contributed by atoms with Gasteiger partial charge in [-0.05, 0) is 25.2 Å². The molecule has 4 rings (SSSR count). The van der Waals surface area contributed by atoms with Crippen molar-refractivity contribution in [1.29, 1.82) is 0 Å². The van der Waals surface area contributed by atoms with E-state index in [2.05, 4.69) is 31.2 Å². The Labute approximate surface area is 180 Å². The number of hydrogen-bond donors (Lipinski definition) is 4. The average Bonchev–Trinajstić information content (AvgIpc) is 3.13. The van der Waals surface area contributed by atoms with Gasteiger partial charge in [-0.3, -0.25) is 34.9 Å². The van der Waals surface area contributed by atoms with Crippen LogP contribution in [0.1, 0.15) is 16.1 Å². The van der Waals surface area contributed by atoms with Crippen molar-refractivity contribution >= 4 is 34.8 Å². The van der Waals surface area contributed by atoms with E-state index in [0.29, 0.717) is 16.6 Å².